The van der Waals surface area contributed by atoms with Gasteiger partial charge in [0.2, 0.25) is 0 Å². The average Bonchev–Trinajstić information content (AvgIpc) is 2.16. The van der Waals surface area contributed by atoms with Gasteiger partial charge in [0.25, 0.3) is 0 Å². The predicted octanol–water partition coefficient (Wildman–Crippen LogP) is 1.80. The molecule has 0 aliphatic heterocycles. The lowest BCUT2D eigenvalue weighted by atomic mass is 9.93. The van der Waals surface area contributed by atoms with Gasteiger partial charge in [-0.3, -0.25) is 0 Å². The Bertz CT molecular complexity index is 271. The lowest BCUT2D eigenvalue weighted by Gasteiger charge is -2.16. The first-order valence-corrected chi connectivity index (χ1v) is 4.62. The van der Waals surface area contributed by atoms with E-state index in [0.29, 0.717) is 5.92 Å². The minimum Gasteiger partial charge on any atom is -0.394 e. The second-order valence-corrected chi connectivity index (χ2v) is 3.57. The van der Waals surface area contributed by atoms with E-state index >= 15 is 0 Å². The molecular formula is C11H17NO. The van der Waals surface area contributed by atoms with Crippen molar-refractivity contribution in [3.8, 4) is 0 Å². The molecule has 2 nitrogen and oxygen atoms in total. The smallest absolute Gasteiger partial charge is 0.0624 e. The lowest BCUT2D eigenvalue weighted by molar-refractivity contribution is 0.267. The van der Waals surface area contributed by atoms with E-state index in [-0.39, 0.29) is 12.6 Å². The fraction of sp³-hybridized carbons (Fsp3) is 0.455. The molecule has 0 saturated heterocycles. The molecule has 0 aliphatic carbocycles. The Labute approximate surface area is 79.4 Å². The Morgan fingerprint density at radius 2 is 1.77 bits per heavy atom. The van der Waals surface area contributed by atoms with Crippen LogP contribution in [0.2, 0.25) is 0 Å². The molecule has 0 fully saturated rings. The maximum Gasteiger partial charge on any atom is 0.0624 e. The summed E-state index contributed by atoms with van der Waals surface area (Å²) in [6.45, 7) is 4.26. The lowest BCUT2D eigenvalue weighted by Crippen LogP contribution is -2.16. The largest absolute Gasteiger partial charge is 0.394 e. The van der Waals surface area contributed by atoms with E-state index in [4.69, 9.17) is 10.8 Å². The molecule has 0 bridgehead atoms. The number of nitrogens with two attached hydrogens (primary N) is 1. The molecule has 13 heavy (non-hydrogen) atoms. The molecule has 0 spiro atoms. The van der Waals surface area contributed by atoms with Gasteiger partial charge in [0.1, 0.15) is 0 Å². The summed E-state index contributed by atoms with van der Waals surface area (Å²) >= 11 is 0. The van der Waals surface area contributed by atoms with Crippen LogP contribution in [0.25, 0.3) is 0 Å². The van der Waals surface area contributed by atoms with Crippen molar-refractivity contribution in [3.63, 3.8) is 0 Å². The summed E-state index contributed by atoms with van der Waals surface area (Å²) < 4.78 is 0. The summed E-state index contributed by atoms with van der Waals surface area (Å²) in [5.74, 6) is 0.453. The molecule has 1 rings (SSSR count). The van der Waals surface area contributed by atoms with Crippen LogP contribution in [0.4, 0.5) is 0 Å². The van der Waals surface area contributed by atoms with Gasteiger partial charge >= 0.3 is 0 Å². The molecular weight excluding hydrogens is 162 g/mol. The van der Waals surface area contributed by atoms with Crippen molar-refractivity contribution in [1.82, 2.24) is 0 Å². The van der Waals surface area contributed by atoms with E-state index in [1.54, 1.807) is 0 Å². The van der Waals surface area contributed by atoms with Gasteiger partial charge in [-0.1, -0.05) is 38.1 Å². The highest BCUT2D eigenvalue weighted by atomic mass is 16.3. The summed E-state index contributed by atoms with van der Waals surface area (Å²) in [4.78, 5) is 0. The van der Waals surface area contributed by atoms with Gasteiger partial charge in [0.05, 0.1) is 12.6 Å². The predicted molar refractivity (Wildman–Crippen MR) is 54.5 cm³/mol. The molecule has 0 saturated carbocycles. The van der Waals surface area contributed by atoms with Crippen LogP contribution in [0.3, 0.4) is 0 Å². The Balaban J connectivity index is 3.04. The third-order valence-electron chi connectivity index (χ3n) is 2.21. The summed E-state index contributed by atoms with van der Waals surface area (Å²) in [6.07, 6.45) is 0. The van der Waals surface area contributed by atoms with E-state index in [1.807, 2.05) is 18.2 Å². The summed E-state index contributed by atoms with van der Waals surface area (Å²) in [6, 6.07) is 7.75. The minimum absolute atomic E-state index is 0.00370. The summed E-state index contributed by atoms with van der Waals surface area (Å²) in [5, 5.41) is 8.97. The second-order valence-electron chi connectivity index (χ2n) is 3.57. The third kappa shape index (κ3) is 2.29. The van der Waals surface area contributed by atoms with Crippen LogP contribution < -0.4 is 5.73 Å². The molecule has 0 heterocycles. The molecule has 1 atom stereocenters. The topological polar surface area (TPSA) is 46.2 Å². The molecule has 0 aromatic heterocycles. The molecule has 1 aromatic rings. The van der Waals surface area contributed by atoms with E-state index < -0.39 is 0 Å². The molecule has 72 valence electrons. The fourth-order valence-electron chi connectivity index (χ4n) is 1.47. The molecule has 0 amide bonds. The number of hydrogen-bond acceptors (Lipinski definition) is 2. The first kappa shape index (κ1) is 10.2. The van der Waals surface area contributed by atoms with E-state index in [9.17, 15) is 0 Å². The maximum absolute atomic E-state index is 8.97. The van der Waals surface area contributed by atoms with Crippen LogP contribution >= 0.6 is 0 Å². The normalized spacial score (nSPS) is 13.3. The SMILES string of the molecule is CC(C)c1ccccc1C(N)CO. The maximum atomic E-state index is 8.97. The zero-order valence-electron chi connectivity index (χ0n) is 8.20. The zero-order valence-corrected chi connectivity index (χ0v) is 8.20. The van der Waals surface area contributed by atoms with Crippen LogP contribution in [0.5, 0.6) is 0 Å². The highest BCUT2D eigenvalue weighted by molar-refractivity contribution is 5.32. The van der Waals surface area contributed by atoms with E-state index in [1.165, 1.54) is 5.56 Å². The van der Waals surface area contributed by atoms with Crippen LogP contribution in [-0.4, -0.2) is 11.7 Å². The molecule has 1 aromatic carbocycles. The van der Waals surface area contributed by atoms with Crippen molar-refractivity contribution in [3.05, 3.63) is 35.4 Å². The fourth-order valence-corrected chi connectivity index (χ4v) is 1.47. The zero-order chi connectivity index (χ0) is 9.84. The van der Waals surface area contributed by atoms with Crippen molar-refractivity contribution in [1.29, 1.82) is 0 Å². The Morgan fingerprint density at radius 3 is 2.23 bits per heavy atom. The second kappa shape index (κ2) is 4.40. The van der Waals surface area contributed by atoms with Gasteiger partial charge in [0.15, 0.2) is 0 Å². The number of hydrogen-bond donors (Lipinski definition) is 2. The standard InChI is InChI=1S/C11H17NO/c1-8(2)9-5-3-4-6-10(9)11(12)7-13/h3-6,8,11,13H,7,12H2,1-2H3. The van der Waals surface area contributed by atoms with Gasteiger partial charge in [-0.05, 0) is 17.0 Å². The van der Waals surface area contributed by atoms with Crippen LogP contribution in [0.15, 0.2) is 24.3 Å². The van der Waals surface area contributed by atoms with E-state index in [2.05, 4.69) is 19.9 Å². The molecule has 2 heteroatoms. The first-order chi connectivity index (χ1) is 6.16. The summed E-state index contributed by atoms with van der Waals surface area (Å²) in [7, 11) is 0. The van der Waals surface area contributed by atoms with Crippen molar-refractivity contribution in [2.75, 3.05) is 6.61 Å². The number of aliphatic hydroxyl groups excluding tert-OH is 1. The Hall–Kier alpha value is -0.860. The van der Waals surface area contributed by atoms with Gasteiger partial charge in [-0.2, -0.15) is 0 Å². The van der Waals surface area contributed by atoms with Gasteiger partial charge < -0.3 is 10.8 Å². The van der Waals surface area contributed by atoms with Gasteiger partial charge in [-0.25, -0.2) is 0 Å². The van der Waals surface area contributed by atoms with Crippen molar-refractivity contribution >= 4 is 0 Å². The minimum atomic E-state index is -0.251. The molecule has 0 radical (unpaired) electrons. The third-order valence-corrected chi connectivity index (χ3v) is 2.21. The molecule has 0 aliphatic rings. The Kier molecular flexibility index (Phi) is 3.46. The van der Waals surface area contributed by atoms with Crippen LogP contribution in [0.1, 0.15) is 36.9 Å². The highest BCUT2D eigenvalue weighted by Crippen LogP contribution is 2.23. The van der Waals surface area contributed by atoms with Gasteiger partial charge in [0, 0.05) is 0 Å². The monoisotopic (exact) mass is 179 g/mol. The molecule has 3 N–H and O–H groups in total. The Morgan fingerprint density at radius 1 is 1.23 bits per heavy atom. The van der Waals surface area contributed by atoms with Crippen molar-refractivity contribution in [2.45, 2.75) is 25.8 Å². The van der Waals surface area contributed by atoms with Crippen molar-refractivity contribution < 1.29 is 5.11 Å². The average molecular weight is 179 g/mol. The quantitative estimate of drug-likeness (QED) is 0.743. The summed E-state index contributed by atoms with van der Waals surface area (Å²) in [5.41, 5.74) is 8.06. The highest BCUT2D eigenvalue weighted by Gasteiger charge is 2.11. The number of aliphatic hydroxyl groups is 1. The number of rotatable bonds is 3. The van der Waals surface area contributed by atoms with Crippen molar-refractivity contribution in [2.24, 2.45) is 5.73 Å². The molecule has 1 unspecified atom stereocenters. The first-order valence-electron chi connectivity index (χ1n) is 4.62. The van der Waals surface area contributed by atoms with Crippen LogP contribution in [0, 0.1) is 0 Å². The van der Waals surface area contributed by atoms with Crippen LogP contribution in [-0.2, 0) is 0 Å². The number of benzene rings is 1. The van der Waals surface area contributed by atoms with Gasteiger partial charge in [-0.15, -0.1) is 0 Å². The van der Waals surface area contributed by atoms with E-state index in [0.717, 1.165) is 5.56 Å².